The molecule has 9 rings (SSSR count). The van der Waals surface area contributed by atoms with Gasteiger partial charge < -0.3 is 0 Å². The summed E-state index contributed by atoms with van der Waals surface area (Å²) < 4.78 is 0. The third-order valence-corrected chi connectivity index (χ3v) is 12.5. The first-order valence-corrected chi connectivity index (χ1v) is 17.6. The Bertz CT molecular complexity index is 1990. The number of hydrogen-bond acceptors (Lipinski definition) is 0. The van der Waals surface area contributed by atoms with Crippen LogP contribution >= 0.6 is 0 Å². The van der Waals surface area contributed by atoms with Gasteiger partial charge in [-0.25, -0.2) is 0 Å². The van der Waals surface area contributed by atoms with Gasteiger partial charge in [-0.05, 0) is 91.4 Å². The molecule has 0 saturated heterocycles. The molecule has 230 valence electrons. The number of hydrogen-bond donors (Lipinski definition) is 0. The second-order valence-electron chi connectivity index (χ2n) is 14.6. The van der Waals surface area contributed by atoms with Crippen molar-refractivity contribution in [3.63, 3.8) is 0 Å². The maximum Gasteiger partial charge on any atom is 0.0215 e. The monoisotopic (exact) mass is 606 g/mol. The van der Waals surface area contributed by atoms with Gasteiger partial charge >= 0.3 is 0 Å². The summed E-state index contributed by atoms with van der Waals surface area (Å²) in [7, 11) is 0. The molecule has 3 aliphatic carbocycles. The van der Waals surface area contributed by atoms with E-state index in [0.29, 0.717) is 23.7 Å². The molecule has 0 aliphatic heterocycles. The van der Waals surface area contributed by atoms with Gasteiger partial charge in [0, 0.05) is 23.2 Å². The highest BCUT2D eigenvalue weighted by Gasteiger charge is 2.49. The maximum atomic E-state index is 2.56. The molecule has 3 aliphatic rings. The molecule has 2 unspecified atom stereocenters. The third kappa shape index (κ3) is 4.20. The summed E-state index contributed by atoms with van der Waals surface area (Å²) in [4.78, 5) is 0. The molecule has 0 bridgehead atoms. The first-order chi connectivity index (χ1) is 23.1. The molecular formula is C47H42. The average molecular weight is 607 g/mol. The summed E-state index contributed by atoms with van der Waals surface area (Å²) in [5.41, 5.74) is 17.8. The van der Waals surface area contributed by atoms with Crippen LogP contribution in [0.1, 0.15) is 105 Å². The van der Waals surface area contributed by atoms with Crippen molar-refractivity contribution < 1.29 is 0 Å². The van der Waals surface area contributed by atoms with E-state index in [1.165, 1.54) is 66.8 Å². The maximum absolute atomic E-state index is 2.56. The standard InChI is InChI=1S/C47H42/c1-30(44-36-20-8-4-16-32(36)28-33-17-5-9-21-37(33)44)45-40-24-12-14-26-42(40)47(3,43-27-15-13-25-41(43)45)31(2)46-38-22-10-6-18-34(38)29-35-19-7-11-23-39(35)46/h4-27,30-31,44-46H,28-29H2,1-3H3. The van der Waals surface area contributed by atoms with E-state index in [4.69, 9.17) is 0 Å². The predicted molar refractivity (Wildman–Crippen MR) is 195 cm³/mol. The lowest BCUT2D eigenvalue weighted by atomic mass is 9.53. The highest BCUT2D eigenvalue weighted by atomic mass is 14.5. The van der Waals surface area contributed by atoms with Gasteiger partial charge in [-0.15, -0.1) is 0 Å². The van der Waals surface area contributed by atoms with Crippen molar-refractivity contribution in [1.29, 1.82) is 0 Å². The van der Waals surface area contributed by atoms with Gasteiger partial charge in [0.1, 0.15) is 0 Å². The lowest BCUT2D eigenvalue weighted by Crippen LogP contribution is -2.42. The normalized spacial score (nSPS) is 20.9. The first-order valence-electron chi connectivity index (χ1n) is 17.6. The van der Waals surface area contributed by atoms with E-state index in [2.05, 4.69) is 166 Å². The topological polar surface area (TPSA) is 0 Å². The molecule has 0 aromatic heterocycles. The average Bonchev–Trinajstić information content (AvgIpc) is 3.12. The van der Waals surface area contributed by atoms with E-state index >= 15 is 0 Å². The first kappa shape index (κ1) is 28.5. The van der Waals surface area contributed by atoms with Crippen molar-refractivity contribution >= 4 is 0 Å². The van der Waals surface area contributed by atoms with Crippen LogP contribution < -0.4 is 0 Å². The molecule has 6 aromatic carbocycles. The second kappa shape index (κ2) is 11.0. The number of fused-ring (bicyclic) bond motifs is 6. The summed E-state index contributed by atoms with van der Waals surface area (Å²) in [6.45, 7) is 7.62. The molecule has 0 heteroatoms. The van der Waals surface area contributed by atoms with Crippen LogP contribution in [0.4, 0.5) is 0 Å². The quantitative estimate of drug-likeness (QED) is 0.187. The Morgan fingerprint density at radius 1 is 0.404 bits per heavy atom. The van der Waals surface area contributed by atoms with Crippen molar-refractivity contribution in [2.75, 3.05) is 0 Å². The highest BCUT2D eigenvalue weighted by molar-refractivity contribution is 5.61. The van der Waals surface area contributed by atoms with Crippen molar-refractivity contribution in [2.45, 2.75) is 56.8 Å². The molecule has 0 heterocycles. The van der Waals surface area contributed by atoms with Gasteiger partial charge in [-0.1, -0.05) is 166 Å². The number of rotatable bonds is 4. The van der Waals surface area contributed by atoms with Crippen molar-refractivity contribution in [3.05, 3.63) is 212 Å². The van der Waals surface area contributed by atoms with Crippen LogP contribution in [0.5, 0.6) is 0 Å². The molecule has 47 heavy (non-hydrogen) atoms. The highest BCUT2D eigenvalue weighted by Crippen LogP contribution is 2.59. The van der Waals surface area contributed by atoms with Crippen LogP contribution in [0.15, 0.2) is 146 Å². The summed E-state index contributed by atoms with van der Waals surface area (Å²) in [6.07, 6.45) is 2.04. The fourth-order valence-corrected chi connectivity index (χ4v) is 10.2. The van der Waals surface area contributed by atoms with Gasteiger partial charge in [-0.2, -0.15) is 0 Å². The van der Waals surface area contributed by atoms with E-state index in [1.807, 2.05) is 0 Å². The minimum Gasteiger partial charge on any atom is -0.0620 e. The zero-order valence-electron chi connectivity index (χ0n) is 27.7. The minimum atomic E-state index is -0.173. The Morgan fingerprint density at radius 3 is 1.11 bits per heavy atom. The van der Waals surface area contributed by atoms with Gasteiger partial charge in [0.25, 0.3) is 0 Å². The predicted octanol–water partition coefficient (Wildman–Crippen LogP) is 11.2. The van der Waals surface area contributed by atoms with E-state index in [-0.39, 0.29) is 11.3 Å². The summed E-state index contributed by atoms with van der Waals surface area (Å²) in [5.74, 6) is 1.64. The summed E-state index contributed by atoms with van der Waals surface area (Å²) >= 11 is 0. The van der Waals surface area contributed by atoms with Crippen molar-refractivity contribution in [2.24, 2.45) is 11.8 Å². The molecule has 0 saturated carbocycles. The summed E-state index contributed by atoms with van der Waals surface area (Å²) in [6, 6.07) is 55.8. The van der Waals surface area contributed by atoms with Gasteiger partial charge in [-0.3, -0.25) is 0 Å². The van der Waals surface area contributed by atoms with Crippen LogP contribution in [0.25, 0.3) is 0 Å². The Morgan fingerprint density at radius 2 is 0.702 bits per heavy atom. The molecule has 0 radical (unpaired) electrons. The Hall–Kier alpha value is -4.68. The smallest absolute Gasteiger partial charge is 0.0215 e. The molecule has 0 N–H and O–H groups in total. The van der Waals surface area contributed by atoms with Gasteiger partial charge in [0.05, 0.1) is 0 Å². The fraction of sp³-hybridized carbons (Fsp3) is 0.234. The van der Waals surface area contributed by atoms with Gasteiger partial charge in [0.2, 0.25) is 0 Å². The van der Waals surface area contributed by atoms with E-state index in [1.54, 1.807) is 0 Å². The molecule has 2 atom stereocenters. The Balaban J connectivity index is 1.24. The zero-order valence-corrected chi connectivity index (χ0v) is 27.7. The van der Waals surface area contributed by atoms with Crippen LogP contribution in [0, 0.1) is 11.8 Å². The Labute approximate surface area is 280 Å². The van der Waals surface area contributed by atoms with Crippen LogP contribution in [0.3, 0.4) is 0 Å². The van der Waals surface area contributed by atoms with Crippen molar-refractivity contribution in [3.8, 4) is 0 Å². The SMILES string of the molecule is CC(C1c2ccccc2Cc2ccccc21)C1c2ccccc2C(C)(C(C)C2c3ccccc3Cc3ccccc32)c2ccccc21. The van der Waals surface area contributed by atoms with E-state index in [0.717, 1.165) is 12.8 Å². The van der Waals surface area contributed by atoms with Crippen molar-refractivity contribution in [1.82, 2.24) is 0 Å². The van der Waals surface area contributed by atoms with E-state index < -0.39 is 0 Å². The molecule has 0 spiro atoms. The Kier molecular flexibility index (Phi) is 6.65. The largest absolute Gasteiger partial charge is 0.0620 e. The third-order valence-electron chi connectivity index (χ3n) is 12.5. The van der Waals surface area contributed by atoms with Crippen LogP contribution in [-0.2, 0) is 18.3 Å². The lowest BCUT2D eigenvalue weighted by molar-refractivity contribution is 0.313. The second-order valence-corrected chi connectivity index (χ2v) is 14.6. The van der Waals surface area contributed by atoms with E-state index in [9.17, 15) is 0 Å². The molecular weight excluding hydrogens is 565 g/mol. The number of benzene rings is 6. The molecule has 0 nitrogen and oxygen atoms in total. The molecule has 0 amide bonds. The molecule has 0 fully saturated rings. The minimum absolute atomic E-state index is 0.173. The zero-order chi connectivity index (χ0) is 31.7. The summed E-state index contributed by atoms with van der Waals surface area (Å²) in [5, 5.41) is 0. The fourth-order valence-electron chi connectivity index (χ4n) is 10.2. The van der Waals surface area contributed by atoms with Crippen LogP contribution in [0.2, 0.25) is 0 Å². The van der Waals surface area contributed by atoms with Crippen LogP contribution in [-0.4, -0.2) is 0 Å². The molecule has 6 aromatic rings. The van der Waals surface area contributed by atoms with Gasteiger partial charge in [0.15, 0.2) is 0 Å². The lowest BCUT2D eigenvalue weighted by Gasteiger charge is -2.50.